The molecular formula is C11H11BrF2N2. The predicted octanol–water partition coefficient (Wildman–Crippen LogP) is 3.83. The molecule has 86 valence electrons. The Morgan fingerprint density at radius 2 is 2.00 bits per heavy atom. The molecule has 2 nitrogen and oxygen atoms in total. The summed E-state index contributed by atoms with van der Waals surface area (Å²) in [6, 6.07) is 4.24. The van der Waals surface area contributed by atoms with Crippen LogP contribution in [0.3, 0.4) is 0 Å². The van der Waals surface area contributed by atoms with Crippen molar-refractivity contribution in [3.05, 3.63) is 28.2 Å². The first-order valence-corrected chi connectivity index (χ1v) is 5.70. The number of nitrogens with zero attached hydrogens (tertiary/aromatic N) is 1. The summed E-state index contributed by atoms with van der Waals surface area (Å²) in [6.07, 6.45) is 2.05. The van der Waals surface area contributed by atoms with Crippen molar-refractivity contribution in [2.45, 2.75) is 19.3 Å². The number of benzene rings is 1. The van der Waals surface area contributed by atoms with Gasteiger partial charge in [0.25, 0.3) is 0 Å². The maximum atomic E-state index is 13.2. The van der Waals surface area contributed by atoms with Gasteiger partial charge >= 0.3 is 0 Å². The Labute approximate surface area is 101 Å². The Morgan fingerprint density at radius 1 is 1.25 bits per heavy atom. The molecule has 0 saturated heterocycles. The minimum atomic E-state index is -0.618. The Balaban J connectivity index is 2.48. The van der Waals surface area contributed by atoms with Crippen LogP contribution in [0.5, 0.6) is 0 Å². The van der Waals surface area contributed by atoms with E-state index in [-0.39, 0.29) is 10.2 Å². The smallest absolute Gasteiger partial charge is 0.149 e. The molecule has 0 heterocycles. The Kier molecular flexibility index (Phi) is 5.20. The van der Waals surface area contributed by atoms with Crippen molar-refractivity contribution in [2.75, 3.05) is 11.9 Å². The highest BCUT2D eigenvalue weighted by Gasteiger charge is 2.07. The molecule has 16 heavy (non-hydrogen) atoms. The van der Waals surface area contributed by atoms with Crippen LogP contribution in [0, 0.1) is 23.0 Å². The molecule has 1 aromatic rings. The van der Waals surface area contributed by atoms with Gasteiger partial charge in [0.1, 0.15) is 11.6 Å². The highest BCUT2D eigenvalue weighted by molar-refractivity contribution is 9.10. The van der Waals surface area contributed by atoms with Gasteiger partial charge in [0.05, 0.1) is 16.2 Å². The predicted molar refractivity (Wildman–Crippen MR) is 62.0 cm³/mol. The number of hydrogen-bond donors (Lipinski definition) is 1. The zero-order chi connectivity index (χ0) is 12.0. The molecule has 0 amide bonds. The normalized spacial score (nSPS) is 9.88. The van der Waals surface area contributed by atoms with E-state index in [1.807, 2.05) is 6.07 Å². The monoisotopic (exact) mass is 288 g/mol. The van der Waals surface area contributed by atoms with Crippen molar-refractivity contribution < 1.29 is 8.78 Å². The summed E-state index contributed by atoms with van der Waals surface area (Å²) in [7, 11) is 0. The fraction of sp³-hybridized carbons (Fsp3) is 0.364. The van der Waals surface area contributed by atoms with Crippen LogP contribution in [0.25, 0.3) is 0 Å². The van der Waals surface area contributed by atoms with Crippen LogP contribution in [0.15, 0.2) is 16.6 Å². The minimum Gasteiger partial charge on any atom is -0.383 e. The van der Waals surface area contributed by atoms with Gasteiger partial charge in [0.2, 0.25) is 0 Å². The van der Waals surface area contributed by atoms with E-state index in [2.05, 4.69) is 21.2 Å². The quantitative estimate of drug-likeness (QED) is 0.660. The first-order chi connectivity index (χ1) is 7.65. The highest BCUT2D eigenvalue weighted by Crippen LogP contribution is 2.23. The number of nitriles is 1. The molecule has 1 N–H and O–H groups in total. The van der Waals surface area contributed by atoms with E-state index in [9.17, 15) is 8.78 Å². The average molecular weight is 289 g/mol. The molecule has 0 saturated carbocycles. The van der Waals surface area contributed by atoms with Crippen LogP contribution in [-0.4, -0.2) is 6.54 Å². The second-order valence-corrected chi connectivity index (χ2v) is 4.14. The van der Waals surface area contributed by atoms with Crippen molar-refractivity contribution in [1.29, 1.82) is 5.26 Å². The number of rotatable bonds is 5. The number of anilines is 1. The molecule has 1 rings (SSSR count). The fourth-order valence-electron chi connectivity index (χ4n) is 1.21. The second-order valence-electron chi connectivity index (χ2n) is 3.29. The molecule has 0 aliphatic carbocycles. The van der Waals surface area contributed by atoms with E-state index >= 15 is 0 Å². The standard InChI is InChI=1S/C11H11BrF2N2/c12-8-6-11(10(14)7-9(8)13)16-5-3-1-2-4-15/h6-7,16H,1-3,5H2. The van der Waals surface area contributed by atoms with E-state index < -0.39 is 11.6 Å². The minimum absolute atomic E-state index is 0.230. The summed E-state index contributed by atoms with van der Waals surface area (Å²) in [5.74, 6) is -1.23. The van der Waals surface area contributed by atoms with Gasteiger partial charge < -0.3 is 5.32 Å². The Hall–Kier alpha value is -1.15. The van der Waals surface area contributed by atoms with Gasteiger partial charge in [-0.3, -0.25) is 0 Å². The van der Waals surface area contributed by atoms with Gasteiger partial charge in [-0.1, -0.05) is 0 Å². The van der Waals surface area contributed by atoms with Gasteiger partial charge in [0, 0.05) is 19.0 Å². The largest absolute Gasteiger partial charge is 0.383 e. The van der Waals surface area contributed by atoms with E-state index in [0.29, 0.717) is 13.0 Å². The second kappa shape index (κ2) is 6.44. The Morgan fingerprint density at radius 3 is 2.69 bits per heavy atom. The lowest BCUT2D eigenvalue weighted by Crippen LogP contribution is -2.03. The van der Waals surface area contributed by atoms with Gasteiger partial charge in [-0.2, -0.15) is 5.26 Å². The number of halogens is 3. The van der Waals surface area contributed by atoms with Crippen molar-refractivity contribution in [3.63, 3.8) is 0 Å². The summed E-state index contributed by atoms with van der Waals surface area (Å²) in [5.41, 5.74) is 0.269. The Bertz CT molecular complexity index is 402. The zero-order valence-corrected chi connectivity index (χ0v) is 10.2. The molecule has 0 aliphatic heterocycles. The number of unbranched alkanes of at least 4 members (excludes halogenated alkanes) is 2. The zero-order valence-electron chi connectivity index (χ0n) is 8.56. The first kappa shape index (κ1) is 12.9. The SMILES string of the molecule is N#CCCCCNc1cc(Br)c(F)cc1F. The third-order valence-electron chi connectivity index (χ3n) is 2.04. The molecule has 0 aromatic heterocycles. The van der Waals surface area contributed by atoms with E-state index in [4.69, 9.17) is 5.26 Å². The van der Waals surface area contributed by atoms with Gasteiger partial charge in [0.15, 0.2) is 0 Å². The topological polar surface area (TPSA) is 35.8 Å². The van der Waals surface area contributed by atoms with E-state index in [1.165, 1.54) is 6.07 Å². The molecule has 0 aliphatic rings. The van der Waals surface area contributed by atoms with Crippen LogP contribution in [0.4, 0.5) is 14.5 Å². The molecule has 0 radical (unpaired) electrons. The number of hydrogen-bond acceptors (Lipinski definition) is 2. The van der Waals surface area contributed by atoms with Gasteiger partial charge in [-0.15, -0.1) is 0 Å². The first-order valence-electron chi connectivity index (χ1n) is 4.90. The van der Waals surface area contributed by atoms with Crippen molar-refractivity contribution in [2.24, 2.45) is 0 Å². The van der Waals surface area contributed by atoms with Crippen LogP contribution in [0.1, 0.15) is 19.3 Å². The molecule has 0 bridgehead atoms. The molecule has 0 fully saturated rings. The lowest BCUT2D eigenvalue weighted by atomic mass is 10.2. The lowest BCUT2D eigenvalue weighted by Gasteiger charge is -2.07. The van der Waals surface area contributed by atoms with E-state index in [0.717, 1.165) is 18.9 Å². The van der Waals surface area contributed by atoms with Crippen LogP contribution >= 0.6 is 15.9 Å². The third kappa shape index (κ3) is 3.78. The summed E-state index contributed by atoms with van der Waals surface area (Å²) in [5, 5.41) is 11.2. The van der Waals surface area contributed by atoms with Crippen LogP contribution < -0.4 is 5.32 Å². The molecule has 0 spiro atoms. The van der Waals surface area contributed by atoms with Crippen molar-refractivity contribution in [1.82, 2.24) is 0 Å². The maximum Gasteiger partial charge on any atom is 0.149 e. The lowest BCUT2D eigenvalue weighted by molar-refractivity contribution is 0.580. The highest BCUT2D eigenvalue weighted by atomic mass is 79.9. The molecule has 0 atom stereocenters. The van der Waals surface area contributed by atoms with Crippen LogP contribution in [-0.2, 0) is 0 Å². The van der Waals surface area contributed by atoms with Gasteiger partial charge in [-0.05, 0) is 34.8 Å². The van der Waals surface area contributed by atoms with Crippen molar-refractivity contribution >= 4 is 21.6 Å². The molecule has 5 heteroatoms. The maximum absolute atomic E-state index is 13.2. The fourth-order valence-corrected chi connectivity index (χ4v) is 1.55. The average Bonchev–Trinajstić information content (AvgIpc) is 2.25. The summed E-state index contributed by atoms with van der Waals surface area (Å²) in [4.78, 5) is 0. The summed E-state index contributed by atoms with van der Waals surface area (Å²) < 4.78 is 26.4. The molecular weight excluding hydrogens is 278 g/mol. The third-order valence-corrected chi connectivity index (χ3v) is 2.65. The summed E-state index contributed by atoms with van der Waals surface area (Å²) in [6.45, 7) is 0.566. The van der Waals surface area contributed by atoms with E-state index in [1.54, 1.807) is 0 Å². The van der Waals surface area contributed by atoms with Crippen molar-refractivity contribution in [3.8, 4) is 6.07 Å². The molecule has 0 unspecified atom stereocenters. The van der Waals surface area contributed by atoms with Crippen LogP contribution in [0.2, 0.25) is 0 Å². The summed E-state index contributed by atoms with van der Waals surface area (Å²) >= 11 is 2.99. The van der Waals surface area contributed by atoms with Gasteiger partial charge in [-0.25, -0.2) is 8.78 Å². The molecule has 1 aromatic carbocycles. The number of nitrogens with one attached hydrogen (secondary N) is 1.